The van der Waals surface area contributed by atoms with Gasteiger partial charge < -0.3 is 15.4 Å². The van der Waals surface area contributed by atoms with Crippen molar-refractivity contribution in [2.45, 2.75) is 24.0 Å². The summed E-state index contributed by atoms with van der Waals surface area (Å²) in [4.78, 5) is 12.9. The third kappa shape index (κ3) is 6.65. The van der Waals surface area contributed by atoms with Gasteiger partial charge in [-0.3, -0.25) is 4.79 Å². The molecular formula is C19H22F2N2O2S. The number of ether oxygens (including phenoxy) is 1. The molecule has 0 aliphatic rings. The minimum atomic E-state index is -2.44. The summed E-state index contributed by atoms with van der Waals surface area (Å²) < 4.78 is 30.0. The molecule has 0 aromatic heterocycles. The van der Waals surface area contributed by atoms with Crippen LogP contribution in [-0.2, 0) is 4.74 Å². The van der Waals surface area contributed by atoms with E-state index >= 15 is 0 Å². The molecule has 2 rings (SSSR count). The van der Waals surface area contributed by atoms with Gasteiger partial charge in [-0.1, -0.05) is 23.9 Å². The van der Waals surface area contributed by atoms with E-state index < -0.39 is 5.76 Å². The van der Waals surface area contributed by atoms with E-state index in [1.165, 1.54) is 0 Å². The van der Waals surface area contributed by atoms with Crippen LogP contribution >= 0.6 is 11.8 Å². The molecule has 2 N–H and O–H groups in total. The van der Waals surface area contributed by atoms with Gasteiger partial charge >= 0.3 is 0 Å². The number of thioether (sulfide) groups is 1. The lowest BCUT2D eigenvalue weighted by molar-refractivity contribution is 0.0945. The van der Waals surface area contributed by atoms with E-state index in [0.29, 0.717) is 47.7 Å². The molecule has 2 aromatic carbocycles. The Balaban J connectivity index is 1.98. The zero-order chi connectivity index (χ0) is 18.8. The van der Waals surface area contributed by atoms with Crippen molar-refractivity contribution in [2.24, 2.45) is 0 Å². The second kappa shape index (κ2) is 10.8. The first-order chi connectivity index (χ1) is 12.6. The predicted molar refractivity (Wildman–Crippen MR) is 101 cm³/mol. The van der Waals surface area contributed by atoms with Gasteiger partial charge in [0.05, 0.1) is 11.3 Å². The molecule has 1 amide bonds. The molecule has 0 aliphatic heterocycles. The predicted octanol–water partition coefficient (Wildman–Crippen LogP) is 4.90. The topological polar surface area (TPSA) is 50.4 Å². The van der Waals surface area contributed by atoms with E-state index in [4.69, 9.17) is 4.74 Å². The molecule has 140 valence electrons. The molecule has 4 nitrogen and oxygen atoms in total. The summed E-state index contributed by atoms with van der Waals surface area (Å²) in [5, 5.41) is 6.03. The molecule has 0 radical (unpaired) electrons. The van der Waals surface area contributed by atoms with E-state index in [1.807, 2.05) is 13.0 Å². The number of carbonyl (C=O) groups excluding carboxylic acids is 1. The number of alkyl halides is 2. The normalized spacial score (nSPS) is 10.8. The lowest BCUT2D eigenvalue weighted by Gasteiger charge is -2.13. The van der Waals surface area contributed by atoms with Gasteiger partial charge in [0.15, 0.2) is 0 Å². The number of para-hydroxylation sites is 1. The van der Waals surface area contributed by atoms with Crippen LogP contribution in [0, 0.1) is 0 Å². The molecule has 0 bridgehead atoms. The number of amides is 1. The van der Waals surface area contributed by atoms with Crippen LogP contribution < -0.4 is 10.6 Å². The van der Waals surface area contributed by atoms with Gasteiger partial charge in [-0.25, -0.2) is 0 Å². The summed E-state index contributed by atoms with van der Waals surface area (Å²) in [5.74, 6) is -2.62. The van der Waals surface area contributed by atoms with Crippen molar-refractivity contribution in [3.8, 4) is 0 Å². The number of nitrogens with one attached hydrogen (secondary N) is 2. The summed E-state index contributed by atoms with van der Waals surface area (Å²) in [7, 11) is 0. The Morgan fingerprint density at radius 3 is 2.58 bits per heavy atom. The molecular weight excluding hydrogens is 358 g/mol. The minimum absolute atomic E-state index is 0.172. The molecule has 0 fully saturated rings. The number of benzene rings is 2. The fourth-order valence-corrected chi connectivity index (χ4v) is 2.78. The second-order valence-electron chi connectivity index (χ2n) is 5.38. The first-order valence-corrected chi connectivity index (χ1v) is 9.25. The van der Waals surface area contributed by atoms with Gasteiger partial charge in [0.25, 0.3) is 11.7 Å². The van der Waals surface area contributed by atoms with Gasteiger partial charge in [-0.05, 0) is 49.7 Å². The SMILES string of the molecule is CCOCCCNC(=O)c1ccccc1Nc1ccc(SC(F)F)cc1. The molecule has 2 aromatic rings. The maximum absolute atomic E-state index is 12.4. The molecule has 0 saturated carbocycles. The number of hydrogen-bond acceptors (Lipinski definition) is 4. The second-order valence-corrected chi connectivity index (χ2v) is 6.44. The Hall–Kier alpha value is -2.12. The first-order valence-electron chi connectivity index (χ1n) is 8.37. The molecule has 0 spiro atoms. The van der Waals surface area contributed by atoms with Gasteiger partial charge in [0.1, 0.15) is 0 Å². The Morgan fingerprint density at radius 1 is 1.15 bits per heavy atom. The van der Waals surface area contributed by atoms with Crippen LogP contribution in [0.15, 0.2) is 53.4 Å². The molecule has 26 heavy (non-hydrogen) atoms. The summed E-state index contributed by atoms with van der Waals surface area (Å²) in [6, 6.07) is 13.8. The first kappa shape index (κ1) is 20.2. The van der Waals surface area contributed by atoms with Gasteiger partial charge in [0, 0.05) is 30.3 Å². The van der Waals surface area contributed by atoms with Crippen LogP contribution in [0.3, 0.4) is 0 Å². The molecule has 0 heterocycles. The Morgan fingerprint density at radius 2 is 1.88 bits per heavy atom. The zero-order valence-electron chi connectivity index (χ0n) is 14.5. The van der Waals surface area contributed by atoms with E-state index in [-0.39, 0.29) is 5.91 Å². The van der Waals surface area contributed by atoms with Crippen molar-refractivity contribution >= 4 is 29.0 Å². The molecule has 7 heteroatoms. The molecule has 0 atom stereocenters. The van der Waals surface area contributed by atoms with Crippen LogP contribution in [0.2, 0.25) is 0 Å². The van der Waals surface area contributed by atoms with Crippen LogP contribution in [0.4, 0.5) is 20.2 Å². The van der Waals surface area contributed by atoms with E-state index in [1.54, 1.807) is 42.5 Å². The van der Waals surface area contributed by atoms with Gasteiger partial charge in [0.2, 0.25) is 0 Å². The van der Waals surface area contributed by atoms with Crippen molar-refractivity contribution in [3.05, 3.63) is 54.1 Å². The highest BCUT2D eigenvalue weighted by atomic mass is 32.2. The van der Waals surface area contributed by atoms with Gasteiger partial charge in [-0.2, -0.15) is 8.78 Å². The third-order valence-electron chi connectivity index (χ3n) is 3.49. The standard InChI is InChI=1S/C19H22F2N2O2S/c1-2-25-13-5-12-22-18(24)16-6-3-4-7-17(16)23-14-8-10-15(11-9-14)26-19(20)21/h3-4,6-11,19,23H,2,5,12-13H2,1H3,(H,22,24). The van der Waals surface area contributed by atoms with Gasteiger partial charge in [-0.15, -0.1) is 0 Å². The average Bonchev–Trinajstić information content (AvgIpc) is 2.63. The summed E-state index contributed by atoms with van der Waals surface area (Å²) in [5.41, 5.74) is 1.90. The zero-order valence-corrected chi connectivity index (χ0v) is 15.3. The monoisotopic (exact) mass is 380 g/mol. The maximum Gasteiger partial charge on any atom is 0.288 e. The summed E-state index contributed by atoms with van der Waals surface area (Å²) in [6.45, 7) is 3.74. The fourth-order valence-electron chi connectivity index (χ4n) is 2.28. The average molecular weight is 380 g/mol. The summed E-state index contributed by atoms with van der Waals surface area (Å²) in [6.07, 6.45) is 0.748. The van der Waals surface area contributed by atoms with Crippen molar-refractivity contribution < 1.29 is 18.3 Å². The number of halogens is 2. The Labute approximate surface area is 156 Å². The highest BCUT2D eigenvalue weighted by molar-refractivity contribution is 7.99. The number of hydrogen-bond donors (Lipinski definition) is 2. The minimum Gasteiger partial charge on any atom is -0.382 e. The maximum atomic E-state index is 12.4. The lowest BCUT2D eigenvalue weighted by Crippen LogP contribution is -2.26. The van der Waals surface area contributed by atoms with Crippen molar-refractivity contribution in [1.29, 1.82) is 0 Å². The third-order valence-corrected chi connectivity index (χ3v) is 4.21. The fraction of sp³-hybridized carbons (Fsp3) is 0.316. The van der Waals surface area contributed by atoms with Crippen LogP contribution in [0.5, 0.6) is 0 Å². The van der Waals surface area contributed by atoms with Crippen molar-refractivity contribution in [1.82, 2.24) is 5.32 Å². The van der Waals surface area contributed by atoms with Crippen molar-refractivity contribution in [2.75, 3.05) is 25.1 Å². The quantitative estimate of drug-likeness (QED) is 0.455. The van der Waals surface area contributed by atoms with Crippen LogP contribution in [0.1, 0.15) is 23.7 Å². The lowest BCUT2D eigenvalue weighted by atomic mass is 10.1. The van der Waals surface area contributed by atoms with Crippen molar-refractivity contribution in [3.63, 3.8) is 0 Å². The molecule has 0 aliphatic carbocycles. The Bertz CT molecular complexity index is 696. The number of rotatable bonds is 10. The largest absolute Gasteiger partial charge is 0.382 e. The van der Waals surface area contributed by atoms with E-state index in [9.17, 15) is 13.6 Å². The molecule has 0 unspecified atom stereocenters. The van der Waals surface area contributed by atoms with E-state index in [2.05, 4.69) is 10.6 Å². The number of anilines is 2. The van der Waals surface area contributed by atoms with E-state index in [0.717, 1.165) is 12.1 Å². The Kier molecular flexibility index (Phi) is 8.37. The highest BCUT2D eigenvalue weighted by Gasteiger charge is 2.11. The summed E-state index contributed by atoms with van der Waals surface area (Å²) >= 11 is 0.501. The smallest absolute Gasteiger partial charge is 0.288 e. The van der Waals surface area contributed by atoms with Crippen LogP contribution in [-0.4, -0.2) is 31.4 Å². The van der Waals surface area contributed by atoms with Crippen LogP contribution in [0.25, 0.3) is 0 Å². The number of carbonyl (C=O) groups is 1. The molecule has 0 saturated heterocycles. The highest BCUT2D eigenvalue weighted by Crippen LogP contribution is 2.27.